The lowest BCUT2D eigenvalue weighted by molar-refractivity contribution is 0.301. The Balaban J connectivity index is 1.42. The van der Waals surface area contributed by atoms with E-state index in [-0.39, 0.29) is 23.5 Å². The minimum Gasteiger partial charge on any atom is -0.424 e. The number of rotatable bonds is 3. The normalized spacial score (nSPS) is 21.0. The lowest BCUT2D eigenvalue weighted by Crippen LogP contribution is -2.32. The highest BCUT2D eigenvalue weighted by atomic mass is 19.1. The Morgan fingerprint density at radius 1 is 1.21 bits per heavy atom. The number of oxazole rings is 1. The smallest absolute Gasteiger partial charge is 0.295 e. The number of anilines is 1. The van der Waals surface area contributed by atoms with Crippen molar-refractivity contribution >= 4 is 17.1 Å². The Morgan fingerprint density at radius 3 is 2.83 bits per heavy atom. The van der Waals surface area contributed by atoms with Gasteiger partial charge in [-0.25, -0.2) is 9.07 Å². The van der Waals surface area contributed by atoms with Gasteiger partial charge in [-0.2, -0.15) is 10.1 Å². The summed E-state index contributed by atoms with van der Waals surface area (Å²) < 4.78 is 20.4. The van der Waals surface area contributed by atoms with Crippen molar-refractivity contribution in [3.8, 4) is 0 Å². The molecule has 3 aromatic rings. The molecule has 1 fully saturated rings. The summed E-state index contributed by atoms with van der Waals surface area (Å²) in [4.78, 5) is 16.1. The number of hydrogen-bond donors (Lipinski definition) is 1. The van der Waals surface area contributed by atoms with E-state index < -0.39 is 0 Å². The van der Waals surface area contributed by atoms with Gasteiger partial charge < -0.3 is 9.73 Å². The predicted molar refractivity (Wildman–Crippen MR) is 87.4 cm³/mol. The lowest BCUT2D eigenvalue weighted by atomic mass is 9.91. The van der Waals surface area contributed by atoms with Crippen LogP contribution in [0.3, 0.4) is 0 Å². The van der Waals surface area contributed by atoms with E-state index in [4.69, 9.17) is 4.42 Å². The van der Waals surface area contributed by atoms with Crippen molar-refractivity contribution < 1.29 is 8.81 Å². The average molecular weight is 328 g/mol. The SMILES string of the molecule is O=c1cccnn1C1CCC(Nc2nc3cc(F)ccc3o2)CC1. The molecule has 0 unspecified atom stereocenters. The Hall–Kier alpha value is -2.70. The molecule has 1 saturated carbocycles. The zero-order chi connectivity index (χ0) is 16.5. The van der Waals surface area contributed by atoms with Gasteiger partial charge >= 0.3 is 0 Å². The lowest BCUT2D eigenvalue weighted by Gasteiger charge is -2.28. The molecule has 2 aromatic heterocycles. The molecule has 0 bridgehead atoms. The van der Waals surface area contributed by atoms with E-state index in [0.717, 1.165) is 25.7 Å². The summed E-state index contributed by atoms with van der Waals surface area (Å²) in [5.41, 5.74) is 1.01. The first-order valence-corrected chi connectivity index (χ1v) is 8.05. The summed E-state index contributed by atoms with van der Waals surface area (Å²) in [5.74, 6) is -0.330. The highest BCUT2D eigenvalue weighted by Crippen LogP contribution is 2.29. The fourth-order valence-electron chi connectivity index (χ4n) is 3.24. The molecule has 0 atom stereocenters. The van der Waals surface area contributed by atoms with Crippen molar-refractivity contribution in [2.24, 2.45) is 0 Å². The topological polar surface area (TPSA) is 73.0 Å². The van der Waals surface area contributed by atoms with Gasteiger partial charge in [-0.1, -0.05) is 0 Å². The first-order chi connectivity index (χ1) is 11.7. The molecule has 0 saturated heterocycles. The quantitative estimate of drug-likeness (QED) is 0.800. The van der Waals surface area contributed by atoms with Crippen LogP contribution in [-0.4, -0.2) is 20.8 Å². The van der Waals surface area contributed by atoms with Crippen molar-refractivity contribution in [2.45, 2.75) is 37.8 Å². The van der Waals surface area contributed by atoms with Gasteiger partial charge in [0.2, 0.25) is 0 Å². The monoisotopic (exact) mass is 328 g/mol. The Kier molecular flexibility index (Phi) is 3.76. The molecule has 1 N–H and O–H groups in total. The number of aromatic nitrogens is 3. The Bertz CT molecular complexity index is 912. The maximum absolute atomic E-state index is 13.2. The van der Waals surface area contributed by atoms with Crippen molar-refractivity contribution in [1.29, 1.82) is 0 Å². The van der Waals surface area contributed by atoms with Crippen molar-refractivity contribution in [3.05, 3.63) is 52.7 Å². The van der Waals surface area contributed by atoms with Crippen LogP contribution in [0.15, 0.2) is 45.7 Å². The molecule has 0 spiro atoms. The second kappa shape index (κ2) is 6.07. The number of halogens is 1. The van der Waals surface area contributed by atoms with Crippen LogP contribution < -0.4 is 10.9 Å². The zero-order valence-electron chi connectivity index (χ0n) is 13.0. The van der Waals surface area contributed by atoms with Crippen molar-refractivity contribution in [1.82, 2.24) is 14.8 Å². The second-order valence-electron chi connectivity index (χ2n) is 6.09. The molecule has 7 heteroatoms. The van der Waals surface area contributed by atoms with Crippen LogP contribution in [0.2, 0.25) is 0 Å². The summed E-state index contributed by atoms with van der Waals surface area (Å²) in [7, 11) is 0. The standard InChI is InChI=1S/C17H17FN4O2/c18-11-3-8-15-14(10-11)21-17(24-15)20-12-4-6-13(7-5-12)22-16(23)2-1-9-19-22/h1-3,8-10,12-13H,4-7H2,(H,20,21). The first kappa shape index (κ1) is 14.9. The highest BCUT2D eigenvalue weighted by Gasteiger charge is 2.24. The minimum atomic E-state index is -0.330. The van der Waals surface area contributed by atoms with Crippen LogP contribution >= 0.6 is 0 Å². The van der Waals surface area contributed by atoms with E-state index in [2.05, 4.69) is 15.4 Å². The minimum absolute atomic E-state index is 0.0603. The predicted octanol–water partition coefficient (Wildman–Crippen LogP) is 3.12. The third-order valence-electron chi connectivity index (χ3n) is 4.46. The summed E-state index contributed by atoms with van der Waals surface area (Å²) in [6.45, 7) is 0. The van der Waals surface area contributed by atoms with E-state index in [9.17, 15) is 9.18 Å². The summed E-state index contributed by atoms with van der Waals surface area (Å²) in [6.07, 6.45) is 5.15. The van der Waals surface area contributed by atoms with Gasteiger partial charge in [0, 0.05) is 24.4 Å². The van der Waals surface area contributed by atoms with Crippen LogP contribution in [0.5, 0.6) is 0 Å². The van der Waals surface area contributed by atoms with E-state index in [0.29, 0.717) is 17.1 Å². The highest BCUT2D eigenvalue weighted by molar-refractivity contribution is 5.74. The molecule has 1 aromatic carbocycles. The molecule has 1 aliphatic carbocycles. The van der Waals surface area contributed by atoms with Gasteiger partial charge in [-0.15, -0.1) is 0 Å². The average Bonchev–Trinajstić information content (AvgIpc) is 2.97. The Morgan fingerprint density at radius 2 is 2.04 bits per heavy atom. The fourth-order valence-corrected chi connectivity index (χ4v) is 3.24. The summed E-state index contributed by atoms with van der Waals surface area (Å²) >= 11 is 0. The summed E-state index contributed by atoms with van der Waals surface area (Å²) in [6, 6.07) is 8.24. The molecular weight excluding hydrogens is 311 g/mol. The molecule has 124 valence electrons. The molecule has 0 amide bonds. The number of fused-ring (bicyclic) bond motifs is 1. The molecule has 0 radical (unpaired) electrons. The molecule has 4 rings (SSSR count). The largest absolute Gasteiger partial charge is 0.424 e. The van der Waals surface area contributed by atoms with E-state index in [1.165, 1.54) is 18.2 Å². The number of nitrogens with one attached hydrogen (secondary N) is 1. The Labute approximate surface area is 137 Å². The van der Waals surface area contributed by atoms with Crippen LogP contribution in [0.1, 0.15) is 31.7 Å². The number of hydrogen-bond acceptors (Lipinski definition) is 5. The second-order valence-corrected chi connectivity index (χ2v) is 6.09. The molecular formula is C17H17FN4O2. The van der Waals surface area contributed by atoms with Gasteiger partial charge in [0.05, 0.1) is 6.04 Å². The van der Waals surface area contributed by atoms with E-state index in [1.54, 1.807) is 23.0 Å². The van der Waals surface area contributed by atoms with Crippen molar-refractivity contribution in [3.63, 3.8) is 0 Å². The van der Waals surface area contributed by atoms with Crippen LogP contribution in [0, 0.1) is 5.82 Å². The third kappa shape index (κ3) is 2.89. The fraction of sp³-hybridized carbons (Fsp3) is 0.353. The third-order valence-corrected chi connectivity index (χ3v) is 4.46. The van der Waals surface area contributed by atoms with Crippen molar-refractivity contribution in [2.75, 3.05) is 5.32 Å². The summed E-state index contributed by atoms with van der Waals surface area (Å²) in [5, 5.41) is 7.43. The van der Waals surface area contributed by atoms with Gasteiger partial charge in [0.1, 0.15) is 11.3 Å². The maximum Gasteiger partial charge on any atom is 0.295 e. The van der Waals surface area contributed by atoms with E-state index >= 15 is 0 Å². The molecule has 0 aliphatic heterocycles. The molecule has 6 nitrogen and oxygen atoms in total. The molecule has 24 heavy (non-hydrogen) atoms. The van der Waals surface area contributed by atoms with Crippen LogP contribution in [-0.2, 0) is 0 Å². The van der Waals surface area contributed by atoms with Gasteiger partial charge in [0.15, 0.2) is 5.58 Å². The first-order valence-electron chi connectivity index (χ1n) is 8.05. The molecule has 1 aliphatic rings. The van der Waals surface area contributed by atoms with Gasteiger partial charge in [-0.3, -0.25) is 4.79 Å². The van der Waals surface area contributed by atoms with Gasteiger partial charge in [0.25, 0.3) is 11.6 Å². The van der Waals surface area contributed by atoms with Gasteiger partial charge in [-0.05, 0) is 43.9 Å². The van der Waals surface area contributed by atoms with Crippen LogP contribution in [0.4, 0.5) is 10.4 Å². The number of nitrogens with zero attached hydrogens (tertiary/aromatic N) is 3. The van der Waals surface area contributed by atoms with Crippen LogP contribution in [0.25, 0.3) is 11.1 Å². The zero-order valence-corrected chi connectivity index (χ0v) is 13.0. The molecule has 2 heterocycles. The maximum atomic E-state index is 13.2. The van der Waals surface area contributed by atoms with E-state index in [1.807, 2.05) is 0 Å². The number of benzene rings is 1.